The van der Waals surface area contributed by atoms with Crippen molar-refractivity contribution in [2.45, 2.75) is 19.9 Å². The minimum Gasteiger partial charge on any atom is -0.394 e. The summed E-state index contributed by atoms with van der Waals surface area (Å²) < 4.78 is 0. The Morgan fingerprint density at radius 1 is 1.50 bits per heavy atom. The molecule has 0 spiro atoms. The van der Waals surface area contributed by atoms with Crippen molar-refractivity contribution in [3.8, 4) is 0 Å². The number of halogens is 1. The van der Waals surface area contributed by atoms with Crippen LogP contribution in [0.15, 0.2) is 12.4 Å². The van der Waals surface area contributed by atoms with Gasteiger partial charge in [0.1, 0.15) is 10.8 Å². The molecule has 1 heterocycles. The van der Waals surface area contributed by atoms with Gasteiger partial charge in [-0.1, -0.05) is 25.4 Å². The van der Waals surface area contributed by atoms with E-state index in [1.807, 2.05) is 13.8 Å². The molecular formula is C10H14ClN3O2. The number of hydrogen-bond donors (Lipinski definition) is 2. The van der Waals surface area contributed by atoms with E-state index in [4.69, 9.17) is 16.7 Å². The molecule has 2 N–H and O–H groups in total. The van der Waals surface area contributed by atoms with E-state index in [9.17, 15) is 4.79 Å². The first-order chi connectivity index (χ1) is 7.54. The zero-order valence-electron chi connectivity index (χ0n) is 9.14. The van der Waals surface area contributed by atoms with Crippen LogP contribution < -0.4 is 5.32 Å². The van der Waals surface area contributed by atoms with Crippen LogP contribution in [0.3, 0.4) is 0 Å². The maximum atomic E-state index is 11.7. The maximum absolute atomic E-state index is 11.7. The van der Waals surface area contributed by atoms with E-state index in [1.165, 1.54) is 12.4 Å². The molecule has 0 aliphatic carbocycles. The van der Waals surface area contributed by atoms with Crippen molar-refractivity contribution in [1.82, 2.24) is 15.3 Å². The molecule has 0 fully saturated rings. The van der Waals surface area contributed by atoms with Gasteiger partial charge in [-0.15, -0.1) is 0 Å². The minimum atomic E-state index is -0.364. The number of hydrogen-bond acceptors (Lipinski definition) is 4. The molecule has 88 valence electrons. The van der Waals surface area contributed by atoms with Gasteiger partial charge in [0, 0.05) is 0 Å². The number of nitrogens with zero attached hydrogens (tertiary/aromatic N) is 2. The fraction of sp³-hybridized carbons (Fsp3) is 0.500. The Morgan fingerprint density at radius 2 is 2.19 bits per heavy atom. The Morgan fingerprint density at radius 3 is 2.62 bits per heavy atom. The lowest BCUT2D eigenvalue weighted by molar-refractivity contribution is 0.0891. The smallest absolute Gasteiger partial charge is 0.271 e. The molecule has 0 saturated carbocycles. The molecule has 1 aromatic rings. The lowest BCUT2D eigenvalue weighted by Gasteiger charge is -2.19. The largest absolute Gasteiger partial charge is 0.394 e. The topological polar surface area (TPSA) is 75.1 Å². The first-order valence-corrected chi connectivity index (χ1v) is 5.31. The molecule has 16 heavy (non-hydrogen) atoms. The zero-order valence-corrected chi connectivity index (χ0v) is 9.90. The van der Waals surface area contributed by atoms with Crippen molar-refractivity contribution < 1.29 is 9.90 Å². The highest BCUT2D eigenvalue weighted by Gasteiger charge is 2.16. The second-order valence-corrected chi connectivity index (χ2v) is 4.12. The number of aromatic nitrogens is 2. The molecule has 0 bridgehead atoms. The highest BCUT2D eigenvalue weighted by molar-refractivity contribution is 6.29. The number of carbonyl (C=O) groups excluding carboxylic acids is 1. The fourth-order valence-corrected chi connectivity index (χ4v) is 1.19. The summed E-state index contributed by atoms with van der Waals surface area (Å²) >= 11 is 5.55. The Kier molecular flexibility index (Phi) is 4.64. The van der Waals surface area contributed by atoms with Gasteiger partial charge in [-0.25, -0.2) is 9.97 Å². The van der Waals surface area contributed by atoms with Crippen LogP contribution in [0.1, 0.15) is 24.3 Å². The summed E-state index contributed by atoms with van der Waals surface area (Å²) in [4.78, 5) is 19.3. The Labute approximate surface area is 98.9 Å². The van der Waals surface area contributed by atoms with Gasteiger partial charge >= 0.3 is 0 Å². The standard InChI is InChI=1S/C10H14ClN3O2/c1-6(2)8(5-15)14-10(16)7-3-13-9(11)4-12-7/h3-4,6,8,15H,5H2,1-2H3,(H,14,16)/t8-/m0/s1. The second-order valence-electron chi connectivity index (χ2n) is 3.73. The zero-order chi connectivity index (χ0) is 12.1. The van der Waals surface area contributed by atoms with E-state index in [-0.39, 0.29) is 35.3 Å². The van der Waals surface area contributed by atoms with E-state index in [1.54, 1.807) is 0 Å². The molecule has 0 aliphatic rings. The number of aliphatic hydroxyl groups excluding tert-OH is 1. The van der Waals surface area contributed by atoms with Gasteiger partial charge in [0.2, 0.25) is 0 Å². The van der Waals surface area contributed by atoms with Crippen molar-refractivity contribution in [1.29, 1.82) is 0 Å². The molecule has 6 heteroatoms. The van der Waals surface area contributed by atoms with Gasteiger partial charge in [-0.05, 0) is 5.92 Å². The highest BCUT2D eigenvalue weighted by Crippen LogP contribution is 2.04. The Balaban J connectivity index is 2.68. The average Bonchev–Trinajstić information content (AvgIpc) is 2.26. The van der Waals surface area contributed by atoms with Crippen molar-refractivity contribution in [3.63, 3.8) is 0 Å². The third kappa shape index (κ3) is 3.43. The predicted octanol–water partition coefficient (Wildman–Crippen LogP) is 0.877. The minimum absolute atomic E-state index is 0.107. The molecule has 5 nitrogen and oxygen atoms in total. The molecule has 1 atom stereocenters. The Bertz CT molecular complexity index is 354. The molecule has 1 aromatic heterocycles. The normalized spacial score (nSPS) is 12.6. The van der Waals surface area contributed by atoms with Crippen molar-refractivity contribution >= 4 is 17.5 Å². The van der Waals surface area contributed by atoms with Gasteiger partial charge in [-0.2, -0.15) is 0 Å². The predicted molar refractivity (Wildman–Crippen MR) is 60.2 cm³/mol. The van der Waals surface area contributed by atoms with Crippen LogP contribution in [-0.4, -0.2) is 33.6 Å². The number of amides is 1. The number of aliphatic hydroxyl groups is 1. The number of nitrogens with one attached hydrogen (secondary N) is 1. The molecule has 1 amide bonds. The van der Waals surface area contributed by atoms with Gasteiger partial charge in [0.05, 0.1) is 25.0 Å². The first-order valence-electron chi connectivity index (χ1n) is 4.94. The van der Waals surface area contributed by atoms with Gasteiger partial charge < -0.3 is 10.4 Å². The van der Waals surface area contributed by atoms with E-state index < -0.39 is 0 Å². The quantitative estimate of drug-likeness (QED) is 0.823. The highest BCUT2D eigenvalue weighted by atomic mass is 35.5. The molecule has 0 radical (unpaired) electrons. The summed E-state index contributed by atoms with van der Waals surface area (Å²) in [6, 6.07) is -0.287. The third-order valence-electron chi connectivity index (χ3n) is 2.17. The van der Waals surface area contributed by atoms with E-state index in [0.29, 0.717) is 0 Å². The van der Waals surface area contributed by atoms with Crippen LogP contribution in [0.5, 0.6) is 0 Å². The Hall–Kier alpha value is -1.20. The molecular weight excluding hydrogens is 230 g/mol. The van der Waals surface area contributed by atoms with Crippen LogP contribution in [0.4, 0.5) is 0 Å². The summed E-state index contributed by atoms with van der Waals surface area (Å²) in [5, 5.41) is 12.0. The molecule has 0 aromatic carbocycles. The lowest BCUT2D eigenvalue weighted by Crippen LogP contribution is -2.41. The number of carbonyl (C=O) groups is 1. The van der Waals surface area contributed by atoms with Crippen LogP contribution >= 0.6 is 11.6 Å². The van der Waals surface area contributed by atoms with E-state index in [2.05, 4.69) is 15.3 Å². The second kappa shape index (κ2) is 5.77. The molecule has 1 rings (SSSR count). The van der Waals surface area contributed by atoms with Crippen LogP contribution in [-0.2, 0) is 0 Å². The van der Waals surface area contributed by atoms with E-state index >= 15 is 0 Å². The van der Waals surface area contributed by atoms with Gasteiger partial charge in [0.15, 0.2) is 0 Å². The first kappa shape index (κ1) is 12.9. The summed E-state index contributed by atoms with van der Waals surface area (Å²) in [6.45, 7) is 3.72. The summed E-state index contributed by atoms with van der Waals surface area (Å²) in [5.74, 6) is -0.217. The summed E-state index contributed by atoms with van der Waals surface area (Å²) in [6.07, 6.45) is 2.60. The monoisotopic (exact) mass is 243 g/mol. The summed E-state index contributed by atoms with van der Waals surface area (Å²) in [5.41, 5.74) is 0.184. The lowest BCUT2D eigenvalue weighted by atomic mass is 10.1. The van der Waals surface area contributed by atoms with Gasteiger partial charge in [-0.3, -0.25) is 4.79 Å². The molecule has 0 unspecified atom stereocenters. The fourth-order valence-electron chi connectivity index (χ4n) is 1.09. The third-order valence-corrected chi connectivity index (χ3v) is 2.37. The maximum Gasteiger partial charge on any atom is 0.271 e. The van der Waals surface area contributed by atoms with Gasteiger partial charge in [0.25, 0.3) is 5.91 Å². The summed E-state index contributed by atoms with van der Waals surface area (Å²) in [7, 11) is 0. The van der Waals surface area contributed by atoms with Crippen molar-refractivity contribution in [2.75, 3.05) is 6.61 Å². The van der Waals surface area contributed by atoms with Crippen LogP contribution in [0.2, 0.25) is 5.15 Å². The molecule has 0 aliphatic heterocycles. The van der Waals surface area contributed by atoms with Crippen molar-refractivity contribution in [3.05, 3.63) is 23.2 Å². The molecule has 0 saturated heterocycles. The van der Waals surface area contributed by atoms with E-state index in [0.717, 1.165) is 0 Å². The number of rotatable bonds is 4. The van der Waals surface area contributed by atoms with Crippen LogP contribution in [0, 0.1) is 5.92 Å². The average molecular weight is 244 g/mol. The SMILES string of the molecule is CC(C)[C@H](CO)NC(=O)c1cnc(Cl)cn1. The van der Waals surface area contributed by atoms with Crippen molar-refractivity contribution in [2.24, 2.45) is 5.92 Å². The van der Waals surface area contributed by atoms with Crippen LogP contribution in [0.25, 0.3) is 0 Å².